The summed E-state index contributed by atoms with van der Waals surface area (Å²) in [6.45, 7) is 2.69. The first-order valence-corrected chi connectivity index (χ1v) is 39.3. The number of aliphatic hydroxyl groups excluding tert-OH is 8. The highest BCUT2D eigenvalue weighted by molar-refractivity contribution is 5.76. The summed E-state index contributed by atoms with van der Waals surface area (Å²) in [7, 11) is 0. The SMILES string of the molecule is CC/C=C\C/C=C\C/C=C\C/C=C\C/C=C\C/C=C\C/C=C\C/C=C\CCCCCCCCCCCCCCC(=O)NC(COC1OC(CO)C(OC2OC(CO)C(O)C(O)C2O)C(O)C1O)C(O)/C=C/CC/C=C/CCCCCCCCCCCCCCCCCCCCCC. The van der Waals surface area contributed by atoms with Crippen molar-refractivity contribution < 1.29 is 64.6 Å². The van der Waals surface area contributed by atoms with Gasteiger partial charge in [0.1, 0.15) is 48.8 Å². The van der Waals surface area contributed by atoms with Crippen molar-refractivity contribution in [1.29, 1.82) is 0 Å². The summed E-state index contributed by atoms with van der Waals surface area (Å²) in [6, 6.07) is -0.942. The van der Waals surface area contributed by atoms with E-state index < -0.39 is 86.8 Å². The van der Waals surface area contributed by atoms with Gasteiger partial charge in [-0.1, -0.05) is 322 Å². The van der Waals surface area contributed by atoms with E-state index in [2.05, 4.69) is 129 Å². The van der Waals surface area contributed by atoms with Gasteiger partial charge in [-0.3, -0.25) is 4.79 Å². The minimum atomic E-state index is -1.80. The van der Waals surface area contributed by atoms with Gasteiger partial charge in [-0.25, -0.2) is 0 Å². The summed E-state index contributed by atoms with van der Waals surface area (Å²) in [6.07, 6.45) is 79.8. The smallest absolute Gasteiger partial charge is 0.220 e. The van der Waals surface area contributed by atoms with E-state index in [-0.39, 0.29) is 18.9 Å². The van der Waals surface area contributed by atoms with Gasteiger partial charge in [-0.05, 0) is 96.3 Å². The molecule has 1 amide bonds. The lowest BCUT2D eigenvalue weighted by Gasteiger charge is -2.46. The minimum Gasteiger partial charge on any atom is -0.394 e. The number of rotatable bonds is 64. The average Bonchev–Trinajstić information content (AvgIpc) is 0.794. The maximum atomic E-state index is 13.4. The van der Waals surface area contributed by atoms with E-state index in [9.17, 15) is 45.6 Å². The number of hydrogen-bond acceptors (Lipinski definition) is 13. The van der Waals surface area contributed by atoms with Crippen LogP contribution in [0.2, 0.25) is 0 Å². The molecule has 0 radical (unpaired) electrons. The fourth-order valence-electron chi connectivity index (χ4n) is 12.2. The lowest BCUT2D eigenvalue weighted by atomic mass is 9.97. The van der Waals surface area contributed by atoms with Crippen LogP contribution >= 0.6 is 0 Å². The largest absolute Gasteiger partial charge is 0.394 e. The van der Waals surface area contributed by atoms with Crippen LogP contribution in [0.5, 0.6) is 0 Å². The van der Waals surface area contributed by atoms with Crippen LogP contribution in [-0.2, 0) is 23.7 Å². The van der Waals surface area contributed by atoms with Crippen molar-refractivity contribution >= 4 is 5.91 Å². The zero-order chi connectivity index (χ0) is 70.1. The van der Waals surface area contributed by atoms with Crippen molar-refractivity contribution in [3.8, 4) is 0 Å². The second-order valence-electron chi connectivity index (χ2n) is 27.1. The predicted molar refractivity (Wildman–Crippen MR) is 401 cm³/mol. The number of allylic oxidation sites excluding steroid dienone is 19. The summed E-state index contributed by atoms with van der Waals surface area (Å²) < 4.78 is 22.9. The van der Waals surface area contributed by atoms with Gasteiger partial charge in [0, 0.05) is 6.42 Å². The quantitative estimate of drug-likeness (QED) is 0.0204. The Labute approximate surface area is 590 Å². The second-order valence-corrected chi connectivity index (χ2v) is 27.1. The van der Waals surface area contributed by atoms with Crippen molar-refractivity contribution in [3.63, 3.8) is 0 Å². The van der Waals surface area contributed by atoms with E-state index in [4.69, 9.17) is 18.9 Å². The molecule has 0 aliphatic carbocycles. The second kappa shape index (κ2) is 65.7. The van der Waals surface area contributed by atoms with Gasteiger partial charge >= 0.3 is 0 Å². The molecule has 0 aromatic rings. The normalized spacial score (nSPS) is 22.8. The van der Waals surface area contributed by atoms with Crippen LogP contribution in [0.25, 0.3) is 0 Å². The topological polar surface area (TPSA) is 228 Å². The maximum Gasteiger partial charge on any atom is 0.220 e. The molecular formula is C83H143NO13. The molecule has 558 valence electrons. The number of ether oxygens (including phenoxy) is 4. The van der Waals surface area contributed by atoms with E-state index in [1.807, 2.05) is 6.08 Å². The van der Waals surface area contributed by atoms with Crippen molar-refractivity contribution in [2.75, 3.05) is 19.8 Å². The molecule has 14 nitrogen and oxygen atoms in total. The molecule has 0 spiro atoms. The molecule has 2 fully saturated rings. The van der Waals surface area contributed by atoms with Crippen LogP contribution in [0.3, 0.4) is 0 Å². The van der Waals surface area contributed by atoms with Gasteiger partial charge < -0.3 is 65.1 Å². The van der Waals surface area contributed by atoms with Gasteiger partial charge in [0.05, 0.1) is 32.0 Å². The molecule has 2 aliphatic rings. The fraction of sp³-hybridized carbons (Fsp3) is 0.747. The van der Waals surface area contributed by atoms with E-state index in [1.54, 1.807) is 6.08 Å². The molecule has 97 heavy (non-hydrogen) atoms. The maximum absolute atomic E-state index is 13.4. The fourth-order valence-corrected chi connectivity index (χ4v) is 12.2. The van der Waals surface area contributed by atoms with Crippen molar-refractivity contribution in [2.45, 2.75) is 376 Å². The molecule has 0 aromatic carbocycles. The Morgan fingerprint density at radius 1 is 0.381 bits per heavy atom. The molecule has 2 heterocycles. The molecule has 0 bridgehead atoms. The van der Waals surface area contributed by atoms with Crippen LogP contribution in [0.1, 0.15) is 303 Å². The summed E-state index contributed by atoms with van der Waals surface area (Å²) in [5.41, 5.74) is 0. The van der Waals surface area contributed by atoms with Gasteiger partial charge in [0.25, 0.3) is 0 Å². The van der Waals surface area contributed by atoms with E-state index in [0.29, 0.717) is 12.8 Å². The van der Waals surface area contributed by atoms with Crippen LogP contribution in [0, 0.1) is 0 Å². The number of carbonyl (C=O) groups excluding carboxylic acids is 1. The Kier molecular flexibility index (Phi) is 60.6. The summed E-state index contributed by atoms with van der Waals surface area (Å²) in [4.78, 5) is 13.4. The third kappa shape index (κ3) is 48.8. The van der Waals surface area contributed by atoms with Crippen molar-refractivity contribution in [3.05, 3.63) is 122 Å². The number of hydrogen-bond donors (Lipinski definition) is 9. The zero-order valence-corrected chi connectivity index (χ0v) is 61.0. The third-order valence-electron chi connectivity index (χ3n) is 18.4. The molecule has 9 N–H and O–H groups in total. The molecule has 12 unspecified atom stereocenters. The number of aliphatic hydroxyl groups is 8. The Hall–Kier alpha value is -3.61. The molecule has 12 atom stereocenters. The third-order valence-corrected chi connectivity index (χ3v) is 18.4. The first kappa shape index (κ1) is 89.5. The summed E-state index contributed by atoms with van der Waals surface area (Å²) >= 11 is 0. The number of unbranched alkanes of at least 4 members (excludes halogenated alkanes) is 33. The molecule has 2 aliphatic heterocycles. The van der Waals surface area contributed by atoms with Crippen LogP contribution in [0.15, 0.2) is 122 Å². The van der Waals surface area contributed by atoms with E-state index >= 15 is 0 Å². The zero-order valence-electron chi connectivity index (χ0n) is 61.0. The van der Waals surface area contributed by atoms with Gasteiger partial charge in [-0.15, -0.1) is 0 Å². The lowest BCUT2D eigenvalue weighted by molar-refractivity contribution is -0.359. The monoisotopic (exact) mass is 1360 g/mol. The van der Waals surface area contributed by atoms with Crippen LogP contribution < -0.4 is 5.32 Å². The van der Waals surface area contributed by atoms with Gasteiger partial charge in [-0.2, -0.15) is 0 Å². The summed E-state index contributed by atoms with van der Waals surface area (Å²) in [5.74, 6) is -0.253. The highest BCUT2D eigenvalue weighted by Gasteiger charge is 2.51. The average molecular weight is 1360 g/mol. The molecule has 14 heteroatoms. The van der Waals surface area contributed by atoms with Gasteiger partial charge in [0.2, 0.25) is 5.91 Å². The first-order chi connectivity index (χ1) is 47.6. The first-order valence-electron chi connectivity index (χ1n) is 39.3. The van der Waals surface area contributed by atoms with Crippen LogP contribution in [0.4, 0.5) is 0 Å². The van der Waals surface area contributed by atoms with Crippen molar-refractivity contribution in [2.24, 2.45) is 0 Å². The minimum absolute atomic E-state index is 0.253. The van der Waals surface area contributed by atoms with E-state index in [0.717, 1.165) is 89.9 Å². The molecule has 0 saturated carbocycles. The Morgan fingerprint density at radius 2 is 0.722 bits per heavy atom. The molecular weight excluding hydrogens is 1220 g/mol. The Bertz CT molecular complexity index is 2100. The van der Waals surface area contributed by atoms with Crippen molar-refractivity contribution in [1.82, 2.24) is 5.32 Å². The molecule has 0 aromatic heterocycles. The highest BCUT2D eigenvalue weighted by atomic mass is 16.7. The van der Waals surface area contributed by atoms with Gasteiger partial charge in [0.15, 0.2) is 12.6 Å². The standard InChI is InChI=1S/C83H143NO13/c1-3-5-7-9-11-13-15-17-19-21-23-25-27-29-31-32-33-34-35-36-37-38-39-40-41-43-45-47-49-51-53-55-57-59-61-63-65-67-75(88)84-71(70-94-82-80(93)78(91)81(74(69-86)96-82)97-83-79(92)77(90)76(89)73(68-85)95-83)72(87)66-64-62-60-58-56-54-52-50-48-46-44-42-30-28-26-24-22-20-18-16-14-12-10-8-6-4-2/h5,7,11,13,17,19,23,25,29,31,33-34,36-37,39-40,56,58,64,66,71-74,76-83,85-87,89-93H,3-4,6,8-10,12,14-16,18,20-22,24,26-28,30,32,35,38,41-55,57,59-63,65,67-70H2,1-2H3,(H,84,88)/b7-5-,13-11-,19-17-,25-23-,31-29-,34-33-,37-36-,40-39-,58-56+,66-64+. The number of nitrogens with one attached hydrogen (secondary N) is 1. The predicted octanol–water partition coefficient (Wildman–Crippen LogP) is 17.6. The van der Waals surface area contributed by atoms with E-state index in [1.165, 1.54) is 180 Å². The Morgan fingerprint density at radius 3 is 1.13 bits per heavy atom. The Balaban J connectivity index is 1.64. The highest BCUT2D eigenvalue weighted by Crippen LogP contribution is 2.30. The number of carbonyl (C=O) groups is 1. The summed E-state index contributed by atoms with van der Waals surface area (Å²) in [5, 5.41) is 87.6. The number of amides is 1. The van der Waals surface area contributed by atoms with Crippen LogP contribution in [-0.4, -0.2) is 140 Å². The molecule has 2 saturated heterocycles. The lowest BCUT2D eigenvalue weighted by Crippen LogP contribution is -2.65. The molecule has 2 rings (SSSR count).